The molecule has 2 amide bonds. The van der Waals surface area contributed by atoms with E-state index < -0.39 is 26.7 Å². The van der Waals surface area contributed by atoms with E-state index in [1.54, 1.807) is 24.3 Å². The van der Waals surface area contributed by atoms with E-state index in [0.717, 1.165) is 4.31 Å². The summed E-state index contributed by atoms with van der Waals surface area (Å²) in [7, 11) is -1.37. The van der Waals surface area contributed by atoms with Gasteiger partial charge in [-0.2, -0.15) is 0 Å². The third kappa shape index (κ3) is 5.43. The van der Waals surface area contributed by atoms with Crippen molar-refractivity contribution in [3.8, 4) is 5.75 Å². The quantitative estimate of drug-likeness (QED) is 0.455. The molecule has 0 heterocycles. The van der Waals surface area contributed by atoms with Gasteiger partial charge in [0.15, 0.2) is 5.75 Å². The van der Waals surface area contributed by atoms with Crippen LogP contribution in [-0.4, -0.2) is 89.3 Å². The maximum absolute atomic E-state index is 12.3. The Labute approximate surface area is 207 Å². The minimum Gasteiger partial charge on any atom is -0.504 e. The molecule has 1 radical (unpaired) electrons. The average molecular weight is 488 g/mol. The number of urea groups is 1. The van der Waals surface area contributed by atoms with Crippen LogP contribution in [0.4, 0.5) is 16.2 Å². The maximum Gasteiger partial charge on any atom is 0.323 e. The topological polar surface area (TPSA) is 98.7 Å². The van der Waals surface area contributed by atoms with Crippen LogP contribution in [0.15, 0.2) is 45.8 Å². The largest absolute Gasteiger partial charge is 0.504 e. The maximum atomic E-state index is 12.3. The number of halogens is 2. The molecule has 0 atom stereocenters. The number of anilines is 2. The Morgan fingerprint density at radius 1 is 1.12 bits per heavy atom. The molecular weight excluding hydrogens is 473 g/mol. The summed E-state index contributed by atoms with van der Waals surface area (Å²) in [5, 5.41) is 15.1. The number of hydrogen-bond acceptors (Lipinski definition) is 4. The average Bonchev–Trinajstić information content (AvgIpc) is 2.52. The van der Waals surface area contributed by atoms with Crippen molar-refractivity contribution >= 4 is 106 Å². The van der Waals surface area contributed by atoms with Crippen molar-refractivity contribution in [1.82, 2.24) is 4.31 Å². The smallest absolute Gasteiger partial charge is 0.323 e. The number of sulfonamides is 1. The van der Waals surface area contributed by atoms with Gasteiger partial charge >= 0.3 is 6.03 Å². The van der Waals surface area contributed by atoms with Crippen molar-refractivity contribution in [1.29, 1.82) is 0 Å². The number of carbonyl (C=O) groups excluding carboxylic acids is 1. The van der Waals surface area contributed by atoms with Crippen molar-refractivity contribution in [2.45, 2.75) is 4.90 Å². The van der Waals surface area contributed by atoms with Crippen LogP contribution in [0.25, 0.3) is 0 Å². The number of nitrogens with zero attached hydrogens (tertiary/aromatic N) is 1. The fourth-order valence-electron chi connectivity index (χ4n) is 1.91. The summed E-state index contributed by atoms with van der Waals surface area (Å²) in [6.45, 7) is 0. The van der Waals surface area contributed by atoms with Gasteiger partial charge in [0, 0.05) is 70.0 Å². The second-order valence-corrected chi connectivity index (χ2v) is 8.47. The summed E-state index contributed by atoms with van der Waals surface area (Å²) in [5.74, 6) is -0.636. The van der Waals surface area contributed by atoms with Crippen LogP contribution in [-0.2, 0) is 10.0 Å². The van der Waals surface area contributed by atoms with Gasteiger partial charge in [0.1, 0.15) is 4.90 Å². The van der Waals surface area contributed by atoms with Crippen LogP contribution >= 0.6 is 27.5 Å². The summed E-state index contributed by atoms with van der Waals surface area (Å²) in [6.07, 6.45) is 0. The molecule has 2 aromatic rings. The van der Waals surface area contributed by atoms with Gasteiger partial charge < -0.3 is 15.7 Å². The third-order valence-corrected chi connectivity index (χ3v) is 6.20. The molecule has 2 aromatic carbocycles. The number of carbonyl (C=O) groups is 1. The predicted octanol–water partition coefficient (Wildman–Crippen LogP) is 3.32. The van der Waals surface area contributed by atoms with Gasteiger partial charge in [-0.1, -0.05) is 23.7 Å². The Morgan fingerprint density at radius 3 is 2.27 bits per heavy atom. The van der Waals surface area contributed by atoms with E-state index >= 15 is 0 Å². The van der Waals surface area contributed by atoms with Crippen molar-refractivity contribution in [3.63, 3.8) is 0 Å². The number of phenolic OH excluding ortho intramolecular Hbond substituents is 1. The molecule has 0 unspecified atom stereocenters. The van der Waals surface area contributed by atoms with E-state index in [1.165, 1.54) is 26.2 Å². The molecule has 0 bridgehead atoms. The second kappa shape index (κ2) is 9.85. The van der Waals surface area contributed by atoms with E-state index in [-0.39, 0.29) is 62.1 Å². The molecule has 0 saturated carbocycles. The first-order valence-electron chi connectivity index (χ1n) is 6.91. The van der Waals surface area contributed by atoms with Crippen molar-refractivity contribution in [2.75, 3.05) is 24.7 Å². The van der Waals surface area contributed by atoms with Gasteiger partial charge in [-0.3, -0.25) is 0 Å². The van der Waals surface area contributed by atoms with Gasteiger partial charge in [0.05, 0.1) is 16.4 Å². The van der Waals surface area contributed by atoms with Crippen molar-refractivity contribution in [2.24, 2.45) is 0 Å². The molecule has 0 spiro atoms. The fourth-order valence-corrected chi connectivity index (χ4v) is 3.78. The molecule has 26 heavy (non-hydrogen) atoms. The van der Waals surface area contributed by atoms with E-state index in [0.29, 0.717) is 10.2 Å². The zero-order valence-electron chi connectivity index (χ0n) is 14.2. The molecule has 0 saturated heterocycles. The third-order valence-electron chi connectivity index (χ3n) is 3.19. The molecule has 2 rings (SSSR count). The normalized spacial score (nSPS) is 11.0. The minimum atomic E-state index is -3.99. The summed E-state index contributed by atoms with van der Waals surface area (Å²) in [5.41, 5.74) is 0.420. The first-order chi connectivity index (χ1) is 11.6. The molecule has 0 aliphatic rings. The van der Waals surface area contributed by atoms with Crippen LogP contribution in [0.2, 0.25) is 5.02 Å². The van der Waals surface area contributed by atoms with Gasteiger partial charge in [0.2, 0.25) is 10.0 Å². The van der Waals surface area contributed by atoms with Crippen LogP contribution in [0.3, 0.4) is 0 Å². The zero-order chi connectivity index (χ0) is 18.8. The molecule has 11 heteroatoms. The van der Waals surface area contributed by atoms with Gasteiger partial charge in [-0.25, -0.2) is 17.5 Å². The molecule has 0 fully saturated rings. The first kappa shape index (κ1) is 23.9. The summed E-state index contributed by atoms with van der Waals surface area (Å²) in [4.78, 5) is 11.6. The minimum absolute atomic E-state index is 0. The van der Waals surface area contributed by atoms with E-state index in [2.05, 4.69) is 26.6 Å². The Kier molecular flexibility index (Phi) is 9.04. The van der Waals surface area contributed by atoms with Crippen molar-refractivity contribution < 1.29 is 18.3 Å². The number of phenols is 1. The van der Waals surface area contributed by atoms with Crippen LogP contribution in [0.1, 0.15) is 0 Å². The molecule has 0 aromatic heterocycles. The molecular formula is C15H15BrClKN3O4S. The predicted molar refractivity (Wildman–Crippen MR) is 107 cm³/mol. The second-order valence-electron chi connectivity index (χ2n) is 5.12. The fraction of sp³-hybridized carbons (Fsp3) is 0.133. The number of benzene rings is 2. The number of rotatable bonds is 4. The SMILES string of the molecule is CN(C)S(=O)(=O)c1c(Cl)ccc(NC(=O)Nc2ccccc2Br)c1O.[K]. The van der Waals surface area contributed by atoms with E-state index in [4.69, 9.17) is 11.6 Å². The van der Waals surface area contributed by atoms with E-state index in [1.807, 2.05) is 0 Å². The monoisotopic (exact) mass is 486 g/mol. The van der Waals surface area contributed by atoms with Crippen LogP contribution < -0.4 is 10.6 Å². The molecule has 0 aliphatic heterocycles. The van der Waals surface area contributed by atoms with E-state index in [9.17, 15) is 18.3 Å². The van der Waals surface area contributed by atoms with Crippen LogP contribution in [0, 0.1) is 0 Å². The Hall–Kier alpha value is -0.174. The number of hydrogen-bond donors (Lipinski definition) is 3. The number of amides is 2. The van der Waals surface area contributed by atoms with Gasteiger partial charge in [0.25, 0.3) is 0 Å². The summed E-state index contributed by atoms with van der Waals surface area (Å²) in [6, 6.07) is 8.89. The molecule has 135 valence electrons. The Balaban J connectivity index is 0.00000338. The Bertz CT molecular complexity index is 925. The van der Waals surface area contributed by atoms with Crippen LogP contribution in [0.5, 0.6) is 5.75 Å². The summed E-state index contributed by atoms with van der Waals surface area (Å²) < 4.78 is 26.2. The first-order valence-corrected chi connectivity index (χ1v) is 9.52. The molecule has 3 N–H and O–H groups in total. The molecule has 7 nitrogen and oxygen atoms in total. The van der Waals surface area contributed by atoms with Gasteiger partial charge in [-0.15, -0.1) is 0 Å². The zero-order valence-corrected chi connectivity index (χ0v) is 20.5. The number of nitrogens with one attached hydrogen (secondary N) is 2. The standard InChI is InChI=1S/C15H15BrClN3O4S.K/c1-20(2)25(23,24)14-10(17)7-8-12(13(14)21)19-15(22)18-11-6-4-3-5-9(11)16;/h3-8,21H,1-2H3,(H2,18,19,22);. The Morgan fingerprint density at radius 2 is 1.69 bits per heavy atom. The summed E-state index contributed by atoms with van der Waals surface area (Å²) >= 11 is 9.21. The molecule has 0 aliphatic carbocycles. The van der Waals surface area contributed by atoms with Gasteiger partial charge in [-0.05, 0) is 40.2 Å². The number of para-hydroxylation sites is 1. The van der Waals surface area contributed by atoms with Crippen molar-refractivity contribution in [3.05, 3.63) is 45.9 Å². The number of aromatic hydroxyl groups is 1.